The topological polar surface area (TPSA) is 58.3 Å². The molecule has 0 aromatic heterocycles. The van der Waals surface area contributed by atoms with E-state index in [0.717, 1.165) is 19.5 Å². The maximum atomic E-state index is 9.78. The number of nitrogens with two attached hydrogens (primary N) is 1. The van der Waals surface area contributed by atoms with Gasteiger partial charge in [0.05, 0.1) is 6.10 Å². The molecule has 0 saturated heterocycles. The number of aliphatic hydroxyl groups is 1. The van der Waals surface area contributed by atoms with Crippen LogP contribution in [0.1, 0.15) is 44.9 Å². The van der Waals surface area contributed by atoms with Crippen molar-refractivity contribution in [2.75, 3.05) is 13.1 Å². The zero-order valence-corrected chi connectivity index (χ0v) is 10.2. The Kier molecular flexibility index (Phi) is 4.62. The number of nitrogens with one attached hydrogen (secondary N) is 1. The van der Waals surface area contributed by atoms with Crippen LogP contribution in [0, 0.1) is 11.8 Å². The summed E-state index contributed by atoms with van der Waals surface area (Å²) < 4.78 is 0. The largest absolute Gasteiger partial charge is 0.393 e. The normalized spacial score (nSPS) is 40.1. The lowest BCUT2D eigenvalue weighted by Gasteiger charge is -2.32. The minimum absolute atomic E-state index is 0.0626. The molecule has 4 N–H and O–H groups in total. The van der Waals surface area contributed by atoms with E-state index in [9.17, 15) is 5.11 Å². The Morgan fingerprint density at radius 1 is 1.00 bits per heavy atom. The first-order chi connectivity index (χ1) is 7.81. The van der Waals surface area contributed by atoms with Gasteiger partial charge in [-0.15, -0.1) is 0 Å². The Morgan fingerprint density at radius 3 is 2.44 bits per heavy atom. The molecule has 16 heavy (non-hydrogen) atoms. The van der Waals surface area contributed by atoms with Crippen LogP contribution in [0.25, 0.3) is 0 Å². The van der Waals surface area contributed by atoms with Crippen molar-refractivity contribution in [1.29, 1.82) is 0 Å². The fourth-order valence-corrected chi connectivity index (χ4v) is 3.32. The van der Waals surface area contributed by atoms with Crippen LogP contribution in [0.2, 0.25) is 0 Å². The van der Waals surface area contributed by atoms with Gasteiger partial charge < -0.3 is 16.2 Å². The highest BCUT2D eigenvalue weighted by atomic mass is 16.3. The average Bonchev–Trinajstić information content (AvgIpc) is 2.72. The van der Waals surface area contributed by atoms with Gasteiger partial charge in [0, 0.05) is 12.6 Å². The van der Waals surface area contributed by atoms with Gasteiger partial charge in [0.15, 0.2) is 0 Å². The maximum absolute atomic E-state index is 9.78. The van der Waals surface area contributed by atoms with Gasteiger partial charge in [-0.3, -0.25) is 0 Å². The van der Waals surface area contributed by atoms with Crippen molar-refractivity contribution in [2.24, 2.45) is 17.6 Å². The van der Waals surface area contributed by atoms with Crippen LogP contribution in [-0.4, -0.2) is 30.3 Å². The molecule has 3 nitrogen and oxygen atoms in total. The summed E-state index contributed by atoms with van der Waals surface area (Å²) in [5.74, 6) is 1.15. The molecule has 4 atom stereocenters. The predicted molar refractivity (Wildman–Crippen MR) is 66.2 cm³/mol. The van der Waals surface area contributed by atoms with Crippen LogP contribution >= 0.6 is 0 Å². The van der Waals surface area contributed by atoms with E-state index in [1.807, 2.05) is 0 Å². The predicted octanol–water partition coefficient (Wildman–Crippen LogP) is 1.25. The fourth-order valence-electron chi connectivity index (χ4n) is 3.32. The van der Waals surface area contributed by atoms with Gasteiger partial charge in [0.2, 0.25) is 0 Å². The van der Waals surface area contributed by atoms with Gasteiger partial charge in [-0.25, -0.2) is 0 Å². The van der Waals surface area contributed by atoms with Crippen LogP contribution in [0.3, 0.4) is 0 Å². The molecule has 2 aliphatic rings. The zero-order valence-electron chi connectivity index (χ0n) is 10.2. The van der Waals surface area contributed by atoms with Crippen molar-refractivity contribution in [3.8, 4) is 0 Å². The van der Waals surface area contributed by atoms with Crippen molar-refractivity contribution in [3.63, 3.8) is 0 Å². The molecule has 4 unspecified atom stereocenters. The third kappa shape index (κ3) is 2.96. The number of rotatable bonds is 4. The lowest BCUT2D eigenvalue weighted by atomic mass is 9.84. The van der Waals surface area contributed by atoms with E-state index in [-0.39, 0.29) is 6.10 Å². The third-order valence-corrected chi connectivity index (χ3v) is 4.47. The maximum Gasteiger partial charge on any atom is 0.0580 e. The molecule has 0 amide bonds. The van der Waals surface area contributed by atoms with E-state index in [0.29, 0.717) is 17.9 Å². The number of hydrogen-bond donors (Lipinski definition) is 3. The monoisotopic (exact) mass is 226 g/mol. The lowest BCUT2D eigenvalue weighted by Crippen LogP contribution is -2.44. The molecule has 2 fully saturated rings. The summed E-state index contributed by atoms with van der Waals surface area (Å²) in [6.45, 7) is 1.80. The molecule has 0 aromatic rings. The van der Waals surface area contributed by atoms with E-state index >= 15 is 0 Å². The molecule has 0 aromatic carbocycles. The number of aliphatic hydroxyl groups excluding tert-OH is 1. The molecule has 94 valence electrons. The van der Waals surface area contributed by atoms with Crippen LogP contribution in [0.5, 0.6) is 0 Å². The van der Waals surface area contributed by atoms with Gasteiger partial charge in [0.1, 0.15) is 0 Å². The van der Waals surface area contributed by atoms with Crippen molar-refractivity contribution in [1.82, 2.24) is 5.32 Å². The summed E-state index contributed by atoms with van der Waals surface area (Å²) in [6.07, 6.45) is 8.54. The first-order valence-electron chi connectivity index (χ1n) is 6.92. The first-order valence-corrected chi connectivity index (χ1v) is 6.92. The minimum atomic E-state index is -0.0626. The lowest BCUT2D eigenvalue weighted by molar-refractivity contribution is 0.125. The van der Waals surface area contributed by atoms with Gasteiger partial charge in [-0.1, -0.05) is 19.3 Å². The third-order valence-electron chi connectivity index (χ3n) is 4.47. The van der Waals surface area contributed by atoms with Crippen LogP contribution in [0.4, 0.5) is 0 Å². The van der Waals surface area contributed by atoms with E-state index in [2.05, 4.69) is 5.32 Å². The van der Waals surface area contributed by atoms with Crippen molar-refractivity contribution in [3.05, 3.63) is 0 Å². The Morgan fingerprint density at radius 2 is 1.75 bits per heavy atom. The average molecular weight is 226 g/mol. The summed E-state index contributed by atoms with van der Waals surface area (Å²) in [7, 11) is 0. The quantitative estimate of drug-likeness (QED) is 0.676. The van der Waals surface area contributed by atoms with Crippen molar-refractivity contribution < 1.29 is 5.11 Å². The highest BCUT2D eigenvalue weighted by Gasteiger charge is 2.28. The number of hydrogen-bond acceptors (Lipinski definition) is 3. The first kappa shape index (κ1) is 12.3. The molecule has 0 aliphatic heterocycles. The molecule has 3 heteroatoms. The standard InChI is InChI=1S/C13H26N2O/c14-8-10-4-1-2-6-12(10)15-9-11-5-3-7-13(11)16/h10-13,15-16H,1-9,14H2. The molecule has 0 heterocycles. The summed E-state index contributed by atoms with van der Waals surface area (Å²) >= 11 is 0. The van der Waals surface area contributed by atoms with E-state index < -0.39 is 0 Å². The summed E-state index contributed by atoms with van der Waals surface area (Å²) in [5, 5.41) is 13.4. The van der Waals surface area contributed by atoms with Crippen LogP contribution in [0.15, 0.2) is 0 Å². The molecule has 2 rings (SSSR count). The Balaban J connectivity index is 1.75. The van der Waals surface area contributed by atoms with Gasteiger partial charge in [-0.2, -0.15) is 0 Å². The molecule has 0 radical (unpaired) electrons. The van der Waals surface area contributed by atoms with Gasteiger partial charge >= 0.3 is 0 Å². The van der Waals surface area contributed by atoms with E-state index in [4.69, 9.17) is 5.73 Å². The molecular formula is C13H26N2O. The van der Waals surface area contributed by atoms with Crippen molar-refractivity contribution in [2.45, 2.75) is 57.1 Å². The van der Waals surface area contributed by atoms with Crippen molar-refractivity contribution >= 4 is 0 Å². The Hall–Kier alpha value is -0.120. The molecule has 0 bridgehead atoms. The summed E-state index contributed by atoms with van der Waals surface area (Å²) in [4.78, 5) is 0. The second-order valence-electron chi connectivity index (χ2n) is 5.55. The Bertz CT molecular complexity index is 210. The second kappa shape index (κ2) is 5.99. The van der Waals surface area contributed by atoms with Gasteiger partial charge in [0.25, 0.3) is 0 Å². The molecular weight excluding hydrogens is 200 g/mol. The zero-order chi connectivity index (χ0) is 11.4. The van der Waals surface area contributed by atoms with E-state index in [1.54, 1.807) is 0 Å². The second-order valence-corrected chi connectivity index (χ2v) is 5.55. The highest BCUT2D eigenvalue weighted by Crippen LogP contribution is 2.27. The van der Waals surface area contributed by atoms with Gasteiger partial charge in [-0.05, 0) is 44.1 Å². The Labute approximate surface area is 98.8 Å². The molecule has 2 saturated carbocycles. The smallest absolute Gasteiger partial charge is 0.0580 e. The van der Waals surface area contributed by atoms with Crippen LogP contribution in [-0.2, 0) is 0 Å². The molecule has 2 aliphatic carbocycles. The van der Waals surface area contributed by atoms with Crippen LogP contribution < -0.4 is 11.1 Å². The SMILES string of the molecule is NCC1CCCCC1NCC1CCCC1O. The molecule has 0 spiro atoms. The summed E-state index contributed by atoms with van der Waals surface area (Å²) in [5.41, 5.74) is 5.82. The highest BCUT2D eigenvalue weighted by molar-refractivity contribution is 4.85. The summed E-state index contributed by atoms with van der Waals surface area (Å²) in [6, 6.07) is 0.603. The van der Waals surface area contributed by atoms with E-state index in [1.165, 1.54) is 38.5 Å². The minimum Gasteiger partial charge on any atom is -0.393 e. The fraction of sp³-hybridized carbons (Fsp3) is 1.00.